The van der Waals surface area contributed by atoms with Crippen LogP contribution >= 0.6 is 0 Å². The van der Waals surface area contributed by atoms with Gasteiger partial charge in [-0.3, -0.25) is 14.5 Å². The second kappa shape index (κ2) is 4.41. The summed E-state index contributed by atoms with van der Waals surface area (Å²) in [5.41, 5.74) is -1.00. The molecule has 0 aromatic carbocycles. The first kappa shape index (κ1) is 11.7. The molecule has 0 bridgehead atoms. The summed E-state index contributed by atoms with van der Waals surface area (Å²) in [5, 5.41) is 9.13. The van der Waals surface area contributed by atoms with Gasteiger partial charge in [0.05, 0.1) is 6.07 Å². The Morgan fingerprint density at radius 2 is 1.80 bits per heavy atom. The van der Waals surface area contributed by atoms with E-state index in [1.807, 2.05) is 0 Å². The van der Waals surface area contributed by atoms with Gasteiger partial charge in [0.25, 0.3) is 11.8 Å². The second-order valence-corrected chi connectivity index (χ2v) is 3.47. The normalized spacial score (nSPS) is 17.8. The van der Waals surface area contributed by atoms with E-state index in [4.69, 9.17) is 10.00 Å². The molecule has 5 heteroatoms. The van der Waals surface area contributed by atoms with E-state index in [-0.39, 0.29) is 13.2 Å². The van der Waals surface area contributed by atoms with Crippen LogP contribution in [0.1, 0.15) is 26.7 Å². The van der Waals surface area contributed by atoms with Gasteiger partial charge in [0.15, 0.2) is 0 Å². The molecule has 0 unspecified atom stereocenters. The molecule has 1 aliphatic rings. The molecule has 0 atom stereocenters. The molecule has 0 spiro atoms. The lowest BCUT2D eigenvalue weighted by atomic mass is 9.91. The molecule has 5 nitrogen and oxygen atoms in total. The van der Waals surface area contributed by atoms with Crippen molar-refractivity contribution in [2.45, 2.75) is 32.2 Å². The van der Waals surface area contributed by atoms with Gasteiger partial charge in [0, 0.05) is 0 Å². The highest BCUT2D eigenvalue weighted by molar-refractivity contribution is 5.99. The quantitative estimate of drug-likeness (QED) is 0.634. The average molecular weight is 210 g/mol. The van der Waals surface area contributed by atoms with Crippen molar-refractivity contribution < 1.29 is 14.3 Å². The SMILES string of the molecule is CCC(C#N)(CC)N1C(=O)COCC1=O. The Balaban J connectivity index is 3.06. The van der Waals surface area contributed by atoms with Gasteiger partial charge in [-0.2, -0.15) is 5.26 Å². The summed E-state index contributed by atoms with van der Waals surface area (Å²) in [6.45, 7) is 3.36. The summed E-state index contributed by atoms with van der Waals surface area (Å²) in [5.74, 6) is -0.840. The van der Waals surface area contributed by atoms with Crippen molar-refractivity contribution in [2.75, 3.05) is 13.2 Å². The molecule has 2 amide bonds. The number of ether oxygens (including phenoxy) is 1. The first-order valence-corrected chi connectivity index (χ1v) is 4.96. The predicted molar refractivity (Wildman–Crippen MR) is 51.6 cm³/mol. The highest BCUT2D eigenvalue weighted by Crippen LogP contribution is 2.25. The van der Waals surface area contributed by atoms with Gasteiger partial charge in [0.2, 0.25) is 0 Å². The molecule has 0 radical (unpaired) electrons. The van der Waals surface area contributed by atoms with Crippen LogP contribution in [-0.4, -0.2) is 35.5 Å². The summed E-state index contributed by atoms with van der Waals surface area (Å²) < 4.78 is 4.80. The Hall–Kier alpha value is -1.41. The van der Waals surface area contributed by atoms with Crippen molar-refractivity contribution in [3.63, 3.8) is 0 Å². The summed E-state index contributed by atoms with van der Waals surface area (Å²) in [6.07, 6.45) is 0.884. The zero-order valence-corrected chi connectivity index (χ0v) is 8.95. The molecule has 0 aromatic heterocycles. The Morgan fingerprint density at radius 3 is 2.13 bits per heavy atom. The van der Waals surface area contributed by atoms with Gasteiger partial charge in [-0.05, 0) is 12.8 Å². The number of carbonyl (C=O) groups is 2. The summed E-state index contributed by atoms with van der Waals surface area (Å²) in [7, 11) is 0. The summed E-state index contributed by atoms with van der Waals surface area (Å²) in [6, 6.07) is 2.07. The van der Waals surface area contributed by atoms with Crippen LogP contribution in [0.5, 0.6) is 0 Å². The summed E-state index contributed by atoms with van der Waals surface area (Å²) in [4.78, 5) is 24.2. The fraction of sp³-hybridized carbons (Fsp3) is 0.700. The molecular weight excluding hydrogens is 196 g/mol. The van der Waals surface area contributed by atoms with Crippen LogP contribution in [0.2, 0.25) is 0 Å². The number of carbonyl (C=O) groups excluding carboxylic acids is 2. The molecule has 15 heavy (non-hydrogen) atoms. The van der Waals surface area contributed by atoms with Crippen LogP contribution in [0, 0.1) is 11.3 Å². The van der Waals surface area contributed by atoms with E-state index < -0.39 is 17.4 Å². The maximum atomic E-state index is 11.6. The van der Waals surface area contributed by atoms with E-state index in [0.29, 0.717) is 12.8 Å². The van der Waals surface area contributed by atoms with E-state index in [0.717, 1.165) is 4.90 Å². The lowest BCUT2D eigenvalue weighted by Gasteiger charge is -2.37. The van der Waals surface area contributed by atoms with Crippen LogP contribution in [0.25, 0.3) is 0 Å². The Morgan fingerprint density at radius 1 is 1.33 bits per heavy atom. The first-order valence-electron chi connectivity index (χ1n) is 4.96. The van der Waals surface area contributed by atoms with Crippen LogP contribution in [0.4, 0.5) is 0 Å². The van der Waals surface area contributed by atoms with Crippen LogP contribution in [-0.2, 0) is 14.3 Å². The minimum Gasteiger partial charge on any atom is -0.362 e. The highest BCUT2D eigenvalue weighted by Gasteiger charge is 2.43. The maximum Gasteiger partial charge on any atom is 0.256 e. The van der Waals surface area contributed by atoms with E-state index in [2.05, 4.69) is 6.07 Å². The molecule has 82 valence electrons. The number of hydrogen-bond donors (Lipinski definition) is 0. The molecule has 0 aliphatic carbocycles. The van der Waals surface area contributed by atoms with Crippen LogP contribution < -0.4 is 0 Å². The lowest BCUT2D eigenvalue weighted by Crippen LogP contribution is -2.58. The minimum atomic E-state index is -1.00. The fourth-order valence-electron chi connectivity index (χ4n) is 1.75. The third-order valence-electron chi connectivity index (χ3n) is 2.76. The lowest BCUT2D eigenvalue weighted by molar-refractivity contribution is -0.164. The number of imide groups is 1. The number of rotatable bonds is 3. The predicted octanol–water partition coefficient (Wildman–Crippen LogP) is 0.454. The third kappa shape index (κ3) is 1.85. The third-order valence-corrected chi connectivity index (χ3v) is 2.76. The zero-order valence-electron chi connectivity index (χ0n) is 8.95. The molecular formula is C10H14N2O3. The Labute approximate surface area is 88.6 Å². The fourth-order valence-corrected chi connectivity index (χ4v) is 1.75. The maximum absolute atomic E-state index is 11.6. The van der Waals surface area contributed by atoms with Crippen molar-refractivity contribution >= 4 is 11.8 Å². The van der Waals surface area contributed by atoms with Crippen molar-refractivity contribution in [1.82, 2.24) is 4.90 Å². The van der Waals surface area contributed by atoms with E-state index in [1.165, 1.54) is 0 Å². The monoisotopic (exact) mass is 210 g/mol. The largest absolute Gasteiger partial charge is 0.362 e. The number of amides is 2. The van der Waals surface area contributed by atoms with Crippen molar-refractivity contribution in [3.8, 4) is 6.07 Å². The van der Waals surface area contributed by atoms with Gasteiger partial charge < -0.3 is 4.74 Å². The Bertz CT molecular complexity index is 299. The second-order valence-electron chi connectivity index (χ2n) is 3.47. The van der Waals surface area contributed by atoms with Gasteiger partial charge in [-0.1, -0.05) is 13.8 Å². The van der Waals surface area contributed by atoms with Crippen molar-refractivity contribution in [3.05, 3.63) is 0 Å². The van der Waals surface area contributed by atoms with Crippen LogP contribution in [0.3, 0.4) is 0 Å². The van der Waals surface area contributed by atoms with Gasteiger partial charge >= 0.3 is 0 Å². The smallest absolute Gasteiger partial charge is 0.256 e. The number of nitrogens with zero attached hydrogens (tertiary/aromatic N) is 2. The Kier molecular flexibility index (Phi) is 3.43. The van der Waals surface area contributed by atoms with Gasteiger partial charge in [0.1, 0.15) is 18.8 Å². The molecule has 1 rings (SSSR count). The number of hydrogen-bond acceptors (Lipinski definition) is 4. The van der Waals surface area contributed by atoms with E-state index >= 15 is 0 Å². The minimum absolute atomic E-state index is 0.116. The average Bonchev–Trinajstić information content (AvgIpc) is 2.24. The number of nitriles is 1. The van der Waals surface area contributed by atoms with Crippen LogP contribution in [0.15, 0.2) is 0 Å². The zero-order chi connectivity index (χ0) is 11.5. The molecule has 0 N–H and O–H groups in total. The van der Waals surface area contributed by atoms with E-state index in [9.17, 15) is 9.59 Å². The van der Waals surface area contributed by atoms with Crippen molar-refractivity contribution in [1.29, 1.82) is 5.26 Å². The van der Waals surface area contributed by atoms with Crippen molar-refractivity contribution in [2.24, 2.45) is 0 Å². The standard InChI is InChI=1S/C10H14N2O3/c1-3-10(4-2,7-11)12-8(13)5-15-6-9(12)14/h3-6H2,1-2H3. The molecule has 1 saturated heterocycles. The van der Waals surface area contributed by atoms with E-state index in [1.54, 1.807) is 13.8 Å². The van der Waals surface area contributed by atoms with Gasteiger partial charge in [-0.25, -0.2) is 0 Å². The van der Waals surface area contributed by atoms with Gasteiger partial charge in [-0.15, -0.1) is 0 Å². The molecule has 0 aromatic rings. The summed E-state index contributed by atoms with van der Waals surface area (Å²) >= 11 is 0. The molecule has 0 saturated carbocycles. The molecule has 1 heterocycles. The number of morpholine rings is 1. The highest BCUT2D eigenvalue weighted by atomic mass is 16.5. The molecule has 1 aliphatic heterocycles. The first-order chi connectivity index (χ1) is 7.11. The topological polar surface area (TPSA) is 70.4 Å². The molecule has 1 fully saturated rings.